The molecular weight excluding hydrogens is 188 g/mol. The zero-order chi connectivity index (χ0) is 11.2. The molecule has 2 aliphatic rings. The van der Waals surface area contributed by atoms with Crippen LogP contribution in [0.25, 0.3) is 0 Å². The molecule has 2 rings (SSSR count). The van der Waals surface area contributed by atoms with Crippen molar-refractivity contribution in [1.29, 1.82) is 0 Å². The van der Waals surface area contributed by atoms with Gasteiger partial charge >= 0.3 is 0 Å². The van der Waals surface area contributed by atoms with Crippen LogP contribution in [-0.2, 0) is 4.79 Å². The first kappa shape index (κ1) is 10.6. The molecule has 2 heteroatoms. The van der Waals surface area contributed by atoms with Gasteiger partial charge in [0.1, 0.15) is 0 Å². The molecule has 0 fully saturated rings. The van der Waals surface area contributed by atoms with Gasteiger partial charge in [-0.2, -0.15) is 0 Å². The summed E-state index contributed by atoms with van der Waals surface area (Å²) < 4.78 is 0. The second-order valence-electron chi connectivity index (χ2n) is 5.15. The second-order valence-corrected chi connectivity index (χ2v) is 5.15. The lowest BCUT2D eigenvalue weighted by atomic mass is 9.60. The van der Waals surface area contributed by atoms with Gasteiger partial charge in [-0.3, -0.25) is 4.79 Å². The highest BCUT2D eigenvalue weighted by Crippen LogP contribution is 2.47. The quantitative estimate of drug-likeness (QED) is 0.617. The molecular formula is C13H18O2. The lowest BCUT2D eigenvalue weighted by Gasteiger charge is -2.44. The van der Waals surface area contributed by atoms with Crippen LogP contribution in [-0.4, -0.2) is 17.0 Å². The van der Waals surface area contributed by atoms with Gasteiger partial charge in [-0.05, 0) is 38.3 Å². The van der Waals surface area contributed by atoms with Crippen LogP contribution in [0.15, 0.2) is 23.3 Å². The van der Waals surface area contributed by atoms with E-state index in [0.717, 1.165) is 12.8 Å². The van der Waals surface area contributed by atoms with Gasteiger partial charge in [0.2, 0.25) is 0 Å². The van der Waals surface area contributed by atoms with Crippen LogP contribution in [0.4, 0.5) is 0 Å². The molecule has 0 aliphatic heterocycles. The van der Waals surface area contributed by atoms with E-state index >= 15 is 0 Å². The van der Waals surface area contributed by atoms with E-state index in [4.69, 9.17) is 0 Å². The summed E-state index contributed by atoms with van der Waals surface area (Å²) in [6.45, 7) is 5.86. The van der Waals surface area contributed by atoms with Crippen molar-refractivity contribution in [1.82, 2.24) is 0 Å². The summed E-state index contributed by atoms with van der Waals surface area (Å²) >= 11 is 0. The van der Waals surface area contributed by atoms with Gasteiger partial charge in [0.05, 0.1) is 6.10 Å². The molecule has 0 spiro atoms. The molecule has 2 nitrogen and oxygen atoms in total. The average molecular weight is 206 g/mol. The Morgan fingerprint density at radius 3 is 2.80 bits per heavy atom. The van der Waals surface area contributed by atoms with E-state index in [2.05, 4.69) is 13.0 Å². The van der Waals surface area contributed by atoms with Gasteiger partial charge in [-0.1, -0.05) is 18.6 Å². The number of Topliss-reactive ketones (excluding diaryl/α,β-unsaturated/α-hetero) is 1. The van der Waals surface area contributed by atoms with Gasteiger partial charge in [0.25, 0.3) is 0 Å². The number of aliphatic hydroxyl groups excluding tert-OH is 1. The molecule has 0 aromatic heterocycles. The van der Waals surface area contributed by atoms with E-state index in [-0.39, 0.29) is 17.1 Å². The van der Waals surface area contributed by atoms with Crippen molar-refractivity contribution in [2.75, 3.05) is 0 Å². The number of hydrogen-bond donors (Lipinski definition) is 1. The fourth-order valence-electron chi connectivity index (χ4n) is 2.85. The SMILES string of the molecule is CC1=CC[C@@]2(C)C(=O)C(C)=C[C@H](O)[C@H]2C1. The Hall–Kier alpha value is -0.890. The third-order valence-electron chi connectivity index (χ3n) is 3.94. The van der Waals surface area contributed by atoms with E-state index in [1.807, 2.05) is 6.92 Å². The monoisotopic (exact) mass is 206 g/mol. The fourth-order valence-corrected chi connectivity index (χ4v) is 2.85. The summed E-state index contributed by atoms with van der Waals surface area (Å²) in [5.41, 5.74) is 1.63. The smallest absolute Gasteiger partial charge is 0.164 e. The topological polar surface area (TPSA) is 37.3 Å². The van der Waals surface area contributed by atoms with Gasteiger partial charge in [-0.25, -0.2) is 0 Å². The first-order chi connectivity index (χ1) is 6.95. The van der Waals surface area contributed by atoms with E-state index in [0.29, 0.717) is 5.57 Å². The first-order valence-corrected chi connectivity index (χ1v) is 5.52. The third kappa shape index (κ3) is 1.48. The van der Waals surface area contributed by atoms with Crippen molar-refractivity contribution in [3.63, 3.8) is 0 Å². The van der Waals surface area contributed by atoms with Crippen molar-refractivity contribution in [2.45, 2.75) is 39.7 Å². The molecule has 3 atom stereocenters. The molecule has 2 aliphatic carbocycles. The van der Waals surface area contributed by atoms with Crippen molar-refractivity contribution >= 4 is 5.78 Å². The summed E-state index contributed by atoms with van der Waals surface area (Å²) in [6.07, 6.45) is 5.00. The molecule has 0 saturated heterocycles. The van der Waals surface area contributed by atoms with Crippen LogP contribution in [0.5, 0.6) is 0 Å². The molecule has 0 heterocycles. The number of aliphatic hydroxyl groups is 1. The Bertz CT molecular complexity index is 365. The highest BCUT2D eigenvalue weighted by Gasteiger charge is 2.47. The second kappa shape index (κ2) is 3.31. The Labute approximate surface area is 90.7 Å². The molecule has 15 heavy (non-hydrogen) atoms. The van der Waals surface area contributed by atoms with Crippen LogP contribution >= 0.6 is 0 Å². The molecule has 0 aromatic carbocycles. The summed E-state index contributed by atoms with van der Waals surface area (Å²) in [5.74, 6) is 0.278. The number of allylic oxidation sites excluding steroid dienone is 3. The van der Waals surface area contributed by atoms with E-state index in [1.54, 1.807) is 13.0 Å². The maximum atomic E-state index is 12.1. The van der Waals surface area contributed by atoms with Crippen molar-refractivity contribution in [3.8, 4) is 0 Å². The van der Waals surface area contributed by atoms with Crippen LogP contribution in [0.2, 0.25) is 0 Å². The highest BCUT2D eigenvalue weighted by atomic mass is 16.3. The van der Waals surface area contributed by atoms with E-state index < -0.39 is 6.10 Å². The van der Waals surface area contributed by atoms with Crippen LogP contribution < -0.4 is 0 Å². The van der Waals surface area contributed by atoms with E-state index in [9.17, 15) is 9.90 Å². The fraction of sp³-hybridized carbons (Fsp3) is 0.615. The first-order valence-electron chi connectivity index (χ1n) is 5.52. The summed E-state index contributed by atoms with van der Waals surface area (Å²) in [4.78, 5) is 12.1. The minimum atomic E-state index is -0.462. The summed E-state index contributed by atoms with van der Waals surface area (Å²) in [6, 6.07) is 0. The van der Waals surface area contributed by atoms with Crippen LogP contribution in [0, 0.1) is 11.3 Å². The van der Waals surface area contributed by atoms with E-state index in [1.165, 1.54) is 5.57 Å². The van der Waals surface area contributed by atoms with Gasteiger partial charge in [0, 0.05) is 11.3 Å². The zero-order valence-corrected chi connectivity index (χ0v) is 9.58. The highest BCUT2D eigenvalue weighted by molar-refractivity contribution is 6.00. The molecule has 0 radical (unpaired) electrons. The maximum absolute atomic E-state index is 12.1. The number of carbonyl (C=O) groups excluding carboxylic acids is 1. The van der Waals surface area contributed by atoms with Gasteiger partial charge in [0.15, 0.2) is 5.78 Å². The van der Waals surface area contributed by atoms with Gasteiger partial charge in [-0.15, -0.1) is 0 Å². The zero-order valence-electron chi connectivity index (χ0n) is 9.58. The Balaban J connectivity index is 2.44. The molecule has 1 N–H and O–H groups in total. The van der Waals surface area contributed by atoms with Crippen LogP contribution in [0.3, 0.4) is 0 Å². The third-order valence-corrected chi connectivity index (χ3v) is 3.94. The van der Waals surface area contributed by atoms with Crippen molar-refractivity contribution < 1.29 is 9.90 Å². The number of fused-ring (bicyclic) bond motifs is 1. The average Bonchev–Trinajstić information content (AvgIpc) is 2.18. The Morgan fingerprint density at radius 2 is 2.13 bits per heavy atom. The minimum absolute atomic E-state index is 0.0682. The number of ketones is 1. The molecule has 0 unspecified atom stereocenters. The number of hydrogen-bond acceptors (Lipinski definition) is 2. The molecule has 82 valence electrons. The molecule has 0 amide bonds. The maximum Gasteiger partial charge on any atom is 0.164 e. The van der Waals surface area contributed by atoms with Crippen LogP contribution in [0.1, 0.15) is 33.6 Å². The lowest BCUT2D eigenvalue weighted by molar-refractivity contribution is -0.131. The molecule has 0 aromatic rings. The Kier molecular flexibility index (Phi) is 2.34. The summed E-state index contributed by atoms with van der Waals surface area (Å²) in [7, 11) is 0. The molecule has 0 bridgehead atoms. The number of carbonyl (C=O) groups is 1. The largest absolute Gasteiger partial charge is 0.389 e. The Morgan fingerprint density at radius 1 is 1.47 bits per heavy atom. The number of rotatable bonds is 0. The normalized spacial score (nSPS) is 40.7. The van der Waals surface area contributed by atoms with Gasteiger partial charge < -0.3 is 5.11 Å². The minimum Gasteiger partial charge on any atom is -0.389 e. The summed E-state index contributed by atoms with van der Waals surface area (Å²) in [5, 5.41) is 10.0. The van der Waals surface area contributed by atoms with Crippen molar-refractivity contribution in [3.05, 3.63) is 23.3 Å². The molecule has 0 saturated carbocycles. The standard InChI is InChI=1S/C13H18O2/c1-8-4-5-13(3)10(6-8)11(14)7-9(2)12(13)15/h4,7,10-11,14H,5-6H2,1-3H3/t10-,11+,13-/m1/s1. The predicted molar refractivity (Wildman–Crippen MR) is 59.4 cm³/mol. The van der Waals surface area contributed by atoms with Crippen molar-refractivity contribution in [2.24, 2.45) is 11.3 Å². The predicted octanol–water partition coefficient (Wildman–Crippen LogP) is 2.24. The lowest BCUT2D eigenvalue weighted by Crippen LogP contribution is -2.46.